The van der Waals surface area contributed by atoms with E-state index < -0.39 is 0 Å². The minimum Gasteiger partial charge on any atom is -0.393 e. The van der Waals surface area contributed by atoms with E-state index in [1.165, 1.54) is 12.8 Å². The van der Waals surface area contributed by atoms with E-state index in [4.69, 9.17) is 0 Å². The standard InChI is InChI=1S/C18H36N4O2/c1-4-21-11-5-6-16(21)14-22(13-12-20(2)3)18(24)19-15-7-9-17(23)10-8-15/h15-17,23H,4-14H2,1-3H3,(H,19,24). The van der Waals surface area contributed by atoms with Crippen LogP contribution in [0.2, 0.25) is 0 Å². The van der Waals surface area contributed by atoms with Crippen molar-refractivity contribution in [1.29, 1.82) is 0 Å². The molecule has 0 spiro atoms. The third-order valence-electron chi connectivity index (χ3n) is 5.47. The molecule has 0 bridgehead atoms. The van der Waals surface area contributed by atoms with E-state index in [1.54, 1.807) is 0 Å². The Morgan fingerprint density at radius 2 is 1.88 bits per heavy atom. The van der Waals surface area contributed by atoms with Crippen molar-refractivity contribution in [1.82, 2.24) is 20.0 Å². The van der Waals surface area contributed by atoms with Gasteiger partial charge in [0.1, 0.15) is 0 Å². The van der Waals surface area contributed by atoms with Crippen molar-refractivity contribution in [3.8, 4) is 0 Å². The second-order valence-electron chi connectivity index (χ2n) is 7.63. The van der Waals surface area contributed by atoms with Gasteiger partial charge in [0.05, 0.1) is 6.10 Å². The summed E-state index contributed by atoms with van der Waals surface area (Å²) in [5, 5.41) is 12.8. The summed E-state index contributed by atoms with van der Waals surface area (Å²) >= 11 is 0. The summed E-state index contributed by atoms with van der Waals surface area (Å²) in [6, 6.07) is 0.783. The molecule has 0 aromatic carbocycles. The van der Waals surface area contributed by atoms with Crippen LogP contribution >= 0.6 is 0 Å². The maximum absolute atomic E-state index is 12.8. The van der Waals surface area contributed by atoms with Crippen molar-refractivity contribution < 1.29 is 9.90 Å². The molecule has 1 aliphatic heterocycles. The van der Waals surface area contributed by atoms with Gasteiger partial charge in [-0.25, -0.2) is 4.79 Å². The minimum atomic E-state index is -0.181. The third kappa shape index (κ3) is 5.90. The van der Waals surface area contributed by atoms with Crippen LogP contribution in [0.15, 0.2) is 0 Å². The van der Waals surface area contributed by atoms with Gasteiger partial charge in [0.2, 0.25) is 0 Å². The fourth-order valence-electron chi connectivity index (χ4n) is 3.86. The first-order valence-electron chi connectivity index (χ1n) is 9.61. The molecule has 6 nitrogen and oxygen atoms in total. The van der Waals surface area contributed by atoms with E-state index in [-0.39, 0.29) is 18.2 Å². The molecular weight excluding hydrogens is 304 g/mol. The summed E-state index contributed by atoms with van der Waals surface area (Å²) in [5.41, 5.74) is 0. The van der Waals surface area contributed by atoms with Gasteiger partial charge in [0.25, 0.3) is 0 Å². The summed E-state index contributed by atoms with van der Waals surface area (Å²) in [4.78, 5) is 19.4. The quantitative estimate of drug-likeness (QED) is 0.734. The van der Waals surface area contributed by atoms with Crippen molar-refractivity contribution in [2.75, 3.05) is 46.8 Å². The monoisotopic (exact) mass is 340 g/mol. The van der Waals surface area contributed by atoms with Crippen molar-refractivity contribution in [2.45, 2.75) is 63.6 Å². The van der Waals surface area contributed by atoms with Gasteiger partial charge in [-0.15, -0.1) is 0 Å². The van der Waals surface area contributed by atoms with E-state index in [2.05, 4.69) is 22.0 Å². The molecule has 2 aliphatic rings. The van der Waals surface area contributed by atoms with E-state index in [9.17, 15) is 9.90 Å². The van der Waals surface area contributed by atoms with E-state index >= 15 is 0 Å². The highest BCUT2D eigenvalue weighted by molar-refractivity contribution is 5.74. The molecule has 0 radical (unpaired) electrons. The second-order valence-corrected chi connectivity index (χ2v) is 7.63. The van der Waals surface area contributed by atoms with Crippen LogP contribution in [-0.2, 0) is 0 Å². The van der Waals surface area contributed by atoms with Crippen LogP contribution in [-0.4, -0.2) is 90.8 Å². The van der Waals surface area contributed by atoms with E-state index in [0.29, 0.717) is 6.04 Å². The zero-order valence-corrected chi connectivity index (χ0v) is 15.7. The predicted octanol–water partition coefficient (Wildman–Crippen LogP) is 1.35. The Bertz CT molecular complexity index is 383. The molecule has 2 fully saturated rings. The van der Waals surface area contributed by atoms with Gasteiger partial charge < -0.3 is 20.2 Å². The molecule has 1 saturated carbocycles. The van der Waals surface area contributed by atoms with Crippen LogP contribution in [0.5, 0.6) is 0 Å². The van der Waals surface area contributed by atoms with Gasteiger partial charge in [-0.05, 0) is 65.7 Å². The van der Waals surface area contributed by atoms with Crippen LogP contribution in [0.3, 0.4) is 0 Å². The van der Waals surface area contributed by atoms with E-state index in [0.717, 1.165) is 58.4 Å². The highest BCUT2D eigenvalue weighted by Crippen LogP contribution is 2.20. The van der Waals surface area contributed by atoms with Crippen LogP contribution in [0.25, 0.3) is 0 Å². The number of hydrogen-bond donors (Lipinski definition) is 2. The number of urea groups is 1. The Morgan fingerprint density at radius 1 is 1.17 bits per heavy atom. The lowest BCUT2D eigenvalue weighted by atomic mass is 9.93. The molecule has 6 heteroatoms. The number of amides is 2. The van der Waals surface area contributed by atoms with Crippen LogP contribution < -0.4 is 5.32 Å². The van der Waals surface area contributed by atoms with Crippen molar-refractivity contribution >= 4 is 6.03 Å². The molecule has 0 aromatic heterocycles. The predicted molar refractivity (Wildman–Crippen MR) is 97.2 cm³/mol. The highest BCUT2D eigenvalue weighted by Gasteiger charge is 2.28. The Hall–Kier alpha value is -0.850. The van der Waals surface area contributed by atoms with Crippen molar-refractivity contribution in [3.05, 3.63) is 0 Å². The molecule has 24 heavy (non-hydrogen) atoms. The van der Waals surface area contributed by atoms with Gasteiger partial charge in [0.15, 0.2) is 0 Å². The van der Waals surface area contributed by atoms with Gasteiger partial charge in [-0.3, -0.25) is 4.90 Å². The maximum Gasteiger partial charge on any atom is 0.317 e. The molecule has 1 heterocycles. The largest absolute Gasteiger partial charge is 0.393 e. The second kappa shape index (κ2) is 9.59. The topological polar surface area (TPSA) is 59.0 Å². The summed E-state index contributed by atoms with van der Waals surface area (Å²) in [7, 11) is 4.10. The number of likely N-dealkylation sites (N-methyl/N-ethyl adjacent to an activating group) is 2. The number of rotatable bonds is 7. The smallest absolute Gasteiger partial charge is 0.317 e. The number of carbonyl (C=O) groups is 1. The number of aliphatic hydroxyl groups is 1. The zero-order valence-electron chi connectivity index (χ0n) is 15.7. The molecule has 2 amide bonds. The molecule has 0 aromatic rings. The fourth-order valence-corrected chi connectivity index (χ4v) is 3.86. The summed E-state index contributed by atoms with van der Waals surface area (Å²) < 4.78 is 0. The van der Waals surface area contributed by atoms with Gasteiger partial charge >= 0.3 is 6.03 Å². The Kier molecular flexibility index (Phi) is 7.78. The molecule has 2 rings (SSSR count). The van der Waals surface area contributed by atoms with Crippen molar-refractivity contribution in [3.63, 3.8) is 0 Å². The zero-order chi connectivity index (χ0) is 17.5. The number of aliphatic hydroxyl groups excluding tert-OH is 1. The lowest BCUT2D eigenvalue weighted by Gasteiger charge is -2.33. The SMILES string of the molecule is CCN1CCCC1CN(CCN(C)C)C(=O)NC1CCC(O)CC1. The number of nitrogens with zero attached hydrogens (tertiary/aromatic N) is 3. The average molecular weight is 341 g/mol. The first-order valence-corrected chi connectivity index (χ1v) is 9.61. The lowest BCUT2D eigenvalue weighted by molar-refractivity contribution is 0.113. The maximum atomic E-state index is 12.8. The third-order valence-corrected chi connectivity index (χ3v) is 5.47. The molecule has 140 valence electrons. The molecule has 1 saturated heterocycles. The summed E-state index contributed by atoms with van der Waals surface area (Å²) in [6.07, 6.45) is 5.62. The first kappa shape index (κ1) is 19.5. The Morgan fingerprint density at radius 3 is 2.50 bits per heavy atom. The van der Waals surface area contributed by atoms with Gasteiger partial charge in [-0.2, -0.15) is 0 Å². The Balaban J connectivity index is 1.89. The molecule has 1 unspecified atom stereocenters. The van der Waals surface area contributed by atoms with Crippen LogP contribution in [0.4, 0.5) is 4.79 Å². The number of nitrogens with one attached hydrogen (secondary N) is 1. The van der Waals surface area contributed by atoms with Crippen LogP contribution in [0, 0.1) is 0 Å². The molecule has 2 N–H and O–H groups in total. The van der Waals surface area contributed by atoms with Gasteiger partial charge in [-0.1, -0.05) is 6.92 Å². The van der Waals surface area contributed by atoms with E-state index in [1.807, 2.05) is 19.0 Å². The fraction of sp³-hybridized carbons (Fsp3) is 0.944. The van der Waals surface area contributed by atoms with Gasteiger partial charge in [0, 0.05) is 31.7 Å². The molecule has 1 atom stereocenters. The van der Waals surface area contributed by atoms with Crippen LogP contribution in [0.1, 0.15) is 45.4 Å². The average Bonchev–Trinajstić information content (AvgIpc) is 3.00. The normalized spacial score (nSPS) is 28.3. The number of hydrogen-bond acceptors (Lipinski definition) is 4. The summed E-state index contributed by atoms with van der Waals surface area (Å²) in [5.74, 6) is 0. The van der Waals surface area contributed by atoms with Crippen molar-refractivity contribution in [2.24, 2.45) is 0 Å². The lowest BCUT2D eigenvalue weighted by Crippen LogP contribution is -2.51. The number of carbonyl (C=O) groups excluding carboxylic acids is 1. The molecular formula is C18H36N4O2. The molecule has 1 aliphatic carbocycles. The minimum absolute atomic E-state index is 0.0705. The first-order chi connectivity index (χ1) is 11.5. The Labute approximate surface area is 147 Å². The highest BCUT2D eigenvalue weighted by atomic mass is 16.3. The number of likely N-dealkylation sites (tertiary alicyclic amines) is 1. The summed E-state index contributed by atoms with van der Waals surface area (Å²) in [6.45, 7) is 6.90.